The number of unbranched alkanes of at least 4 members (excludes halogenated alkanes) is 37. The zero-order chi connectivity index (χ0) is 46.3. The molecule has 0 aliphatic heterocycles. The maximum atomic E-state index is 12.8. The topological polar surface area (TPSA) is 99.1 Å². The van der Waals surface area contributed by atoms with Crippen LogP contribution in [0.4, 0.5) is 0 Å². The molecule has 0 aliphatic rings. The predicted octanol–water partition coefficient (Wildman–Crippen LogP) is 16.0. The number of ether oxygens (including phenoxy) is 3. The van der Waals surface area contributed by atoms with Gasteiger partial charge in [0.2, 0.25) is 0 Å². The maximum absolute atomic E-state index is 12.8. The first-order valence-electron chi connectivity index (χ1n) is 27.6. The van der Waals surface area contributed by atoms with Gasteiger partial charge in [0.25, 0.3) is 0 Å². The molecule has 0 saturated heterocycles. The molecule has 2 unspecified atom stereocenters. The van der Waals surface area contributed by atoms with Gasteiger partial charge in [-0.25, -0.2) is 4.79 Å². The van der Waals surface area contributed by atoms with Gasteiger partial charge in [0.1, 0.15) is 6.61 Å². The van der Waals surface area contributed by atoms with Crippen molar-refractivity contribution in [2.45, 2.75) is 296 Å². The van der Waals surface area contributed by atoms with E-state index in [1.54, 1.807) is 0 Å². The van der Waals surface area contributed by atoms with E-state index in [9.17, 15) is 19.5 Å². The molecule has 0 aromatic carbocycles. The predicted molar refractivity (Wildman–Crippen MR) is 266 cm³/mol. The highest BCUT2D eigenvalue weighted by molar-refractivity contribution is 5.72. The van der Waals surface area contributed by atoms with Crippen molar-refractivity contribution in [1.29, 1.82) is 0 Å². The number of carboxylic acid groups (broad SMARTS) is 1. The highest BCUT2D eigenvalue weighted by atomic mass is 16.6. The molecule has 0 aromatic heterocycles. The minimum absolute atomic E-state index is 0.0412. The van der Waals surface area contributed by atoms with Gasteiger partial charge in [-0.15, -0.1) is 0 Å². The standard InChI is InChI=1S/C55H107NO7/c1-6-8-10-12-14-16-18-20-22-23-24-25-26-27-28-29-30-32-34-36-38-40-42-44-46-54(58)63-51(49-61-48-47-52(55(59)60)56(3,4)5)50-62-53(57)45-43-41-39-37-35-33-31-21-19-17-15-13-11-9-7-2/h51-52H,6-50H2,1-5H3/p+1. The molecule has 0 bridgehead atoms. The molecule has 0 spiro atoms. The molecule has 8 heteroatoms. The van der Waals surface area contributed by atoms with Gasteiger partial charge in [-0.05, 0) is 12.8 Å². The number of carbonyl (C=O) groups is 3. The van der Waals surface area contributed by atoms with Crippen molar-refractivity contribution in [3.63, 3.8) is 0 Å². The number of carbonyl (C=O) groups excluding carboxylic acids is 2. The van der Waals surface area contributed by atoms with E-state index in [0.29, 0.717) is 19.3 Å². The van der Waals surface area contributed by atoms with Gasteiger partial charge in [-0.1, -0.05) is 251 Å². The molecular weight excluding hydrogens is 787 g/mol. The Morgan fingerprint density at radius 1 is 0.413 bits per heavy atom. The Hall–Kier alpha value is -1.67. The highest BCUT2D eigenvalue weighted by Gasteiger charge is 2.31. The molecular formula is C55H108NO7+. The fourth-order valence-electron chi connectivity index (χ4n) is 8.74. The van der Waals surface area contributed by atoms with Crippen molar-refractivity contribution in [3.05, 3.63) is 0 Å². The minimum atomic E-state index is -0.868. The summed E-state index contributed by atoms with van der Waals surface area (Å²) in [4.78, 5) is 37.2. The van der Waals surface area contributed by atoms with Crippen LogP contribution in [-0.2, 0) is 28.6 Å². The Morgan fingerprint density at radius 3 is 0.984 bits per heavy atom. The molecule has 0 aromatic rings. The third-order valence-corrected chi connectivity index (χ3v) is 13.0. The van der Waals surface area contributed by atoms with Crippen LogP contribution in [0.25, 0.3) is 0 Å². The Kier molecular flexibility index (Phi) is 45.6. The molecule has 2 atom stereocenters. The zero-order valence-corrected chi connectivity index (χ0v) is 42.8. The summed E-state index contributed by atoms with van der Waals surface area (Å²) in [5, 5.41) is 9.66. The number of aliphatic carboxylic acids is 1. The molecule has 63 heavy (non-hydrogen) atoms. The minimum Gasteiger partial charge on any atom is -0.477 e. The van der Waals surface area contributed by atoms with Crippen LogP contribution in [-0.4, -0.2) is 80.6 Å². The number of hydrogen-bond acceptors (Lipinski definition) is 6. The smallest absolute Gasteiger partial charge is 0.362 e. The Morgan fingerprint density at radius 2 is 0.698 bits per heavy atom. The van der Waals surface area contributed by atoms with Gasteiger partial charge < -0.3 is 23.8 Å². The lowest BCUT2D eigenvalue weighted by molar-refractivity contribution is -0.887. The Labute approximate surface area is 391 Å². The molecule has 0 saturated carbocycles. The zero-order valence-electron chi connectivity index (χ0n) is 42.8. The molecule has 0 amide bonds. The molecule has 0 heterocycles. The molecule has 374 valence electrons. The molecule has 0 radical (unpaired) electrons. The van der Waals surface area contributed by atoms with E-state index in [1.165, 1.54) is 212 Å². The molecule has 0 fully saturated rings. The quantitative estimate of drug-likeness (QED) is 0.0369. The summed E-state index contributed by atoms with van der Waals surface area (Å²) < 4.78 is 17.4. The largest absolute Gasteiger partial charge is 0.477 e. The van der Waals surface area contributed by atoms with Crippen molar-refractivity contribution in [1.82, 2.24) is 0 Å². The second kappa shape index (κ2) is 46.8. The summed E-state index contributed by atoms with van der Waals surface area (Å²) in [5.41, 5.74) is 0. The summed E-state index contributed by atoms with van der Waals surface area (Å²) >= 11 is 0. The Balaban J connectivity index is 4.10. The number of quaternary nitrogens is 1. The summed E-state index contributed by atoms with van der Waals surface area (Å²) in [7, 11) is 5.55. The van der Waals surface area contributed by atoms with E-state index in [2.05, 4.69) is 13.8 Å². The van der Waals surface area contributed by atoms with Crippen LogP contribution in [0.3, 0.4) is 0 Å². The number of carboxylic acids is 1. The van der Waals surface area contributed by atoms with Crippen LogP contribution in [0.2, 0.25) is 0 Å². The van der Waals surface area contributed by atoms with Crippen molar-refractivity contribution >= 4 is 17.9 Å². The number of hydrogen-bond donors (Lipinski definition) is 1. The van der Waals surface area contributed by atoms with Gasteiger partial charge in [-0.3, -0.25) is 9.59 Å². The average Bonchev–Trinajstić information content (AvgIpc) is 3.24. The van der Waals surface area contributed by atoms with E-state index >= 15 is 0 Å². The van der Waals surface area contributed by atoms with Gasteiger partial charge in [0.05, 0.1) is 34.4 Å². The number of likely N-dealkylation sites (N-methyl/N-ethyl adjacent to an activating group) is 1. The van der Waals surface area contributed by atoms with E-state index in [-0.39, 0.29) is 36.2 Å². The third kappa shape index (κ3) is 45.3. The lowest BCUT2D eigenvalue weighted by Crippen LogP contribution is -2.50. The van der Waals surface area contributed by atoms with Gasteiger partial charge in [0.15, 0.2) is 12.1 Å². The molecule has 8 nitrogen and oxygen atoms in total. The number of esters is 2. The van der Waals surface area contributed by atoms with Crippen LogP contribution in [0.5, 0.6) is 0 Å². The average molecular weight is 895 g/mol. The van der Waals surface area contributed by atoms with Gasteiger partial charge in [0, 0.05) is 19.3 Å². The summed E-state index contributed by atoms with van der Waals surface area (Å²) in [6.45, 7) is 4.81. The third-order valence-electron chi connectivity index (χ3n) is 13.0. The fourth-order valence-corrected chi connectivity index (χ4v) is 8.74. The lowest BCUT2D eigenvalue weighted by atomic mass is 10.0. The monoisotopic (exact) mass is 895 g/mol. The lowest BCUT2D eigenvalue weighted by Gasteiger charge is -2.31. The maximum Gasteiger partial charge on any atom is 0.362 e. The summed E-state index contributed by atoms with van der Waals surface area (Å²) in [5.74, 6) is -1.44. The van der Waals surface area contributed by atoms with E-state index in [0.717, 1.165) is 38.5 Å². The van der Waals surface area contributed by atoms with Crippen LogP contribution >= 0.6 is 0 Å². The van der Waals surface area contributed by atoms with Crippen molar-refractivity contribution in [2.75, 3.05) is 41.0 Å². The van der Waals surface area contributed by atoms with Crippen molar-refractivity contribution < 1.29 is 38.2 Å². The summed E-state index contributed by atoms with van der Waals surface area (Å²) in [6, 6.07) is -0.609. The van der Waals surface area contributed by atoms with E-state index < -0.39 is 18.1 Å². The van der Waals surface area contributed by atoms with Crippen LogP contribution in [0.1, 0.15) is 284 Å². The normalized spacial score (nSPS) is 12.7. The Bertz CT molecular complexity index is 998. The number of nitrogens with zero attached hydrogens (tertiary/aromatic N) is 1. The van der Waals surface area contributed by atoms with Crippen LogP contribution in [0, 0.1) is 0 Å². The van der Waals surface area contributed by atoms with Gasteiger partial charge in [-0.2, -0.15) is 0 Å². The second-order valence-corrected chi connectivity index (χ2v) is 20.2. The molecule has 1 N–H and O–H groups in total. The van der Waals surface area contributed by atoms with Crippen molar-refractivity contribution in [2.24, 2.45) is 0 Å². The van der Waals surface area contributed by atoms with Crippen molar-refractivity contribution in [3.8, 4) is 0 Å². The van der Waals surface area contributed by atoms with Crippen LogP contribution < -0.4 is 0 Å². The second-order valence-electron chi connectivity index (χ2n) is 20.2. The SMILES string of the molecule is CCCCCCCCCCCCCCCCCCCCCCCCCCC(=O)OC(COCCC(C(=O)O)[N+](C)(C)C)COC(=O)CCCCCCCCCCCCCCCCC. The molecule has 0 rings (SSSR count). The van der Waals surface area contributed by atoms with Gasteiger partial charge >= 0.3 is 17.9 Å². The first-order chi connectivity index (χ1) is 30.6. The fraction of sp³-hybridized carbons (Fsp3) is 0.945. The van der Waals surface area contributed by atoms with E-state index in [4.69, 9.17) is 14.2 Å². The first-order valence-corrected chi connectivity index (χ1v) is 27.6. The summed E-state index contributed by atoms with van der Waals surface area (Å²) in [6.07, 6.45) is 51.6. The van der Waals surface area contributed by atoms with E-state index in [1.807, 2.05) is 21.1 Å². The first kappa shape index (κ1) is 61.3. The molecule has 0 aliphatic carbocycles. The number of rotatable bonds is 51. The van der Waals surface area contributed by atoms with Crippen LogP contribution in [0.15, 0.2) is 0 Å². The highest BCUT2D eigenvalue weighted by Crippen LogP contribution is 2.18.